The Labute approximate surface area is 224 Å². The van der Waals surface area contributed by atoms with Gasteiger partial charge in [-0.2, -0.15) is 0 Å². The largest absolute Gasteiger partial charge is 0.497 e. The van der Waals surface area contributed by atoms with Crippen molar-refractivity contribution in [2.24, 2.45) is 0 Å². The van der Waals surface area contributed by atoms with E-state index in [4.69, 9.17) is 9.47 Å². The number of hydrogen-bond donors (Lipinski definition) is 1. The van der Waals surface area contributed by atoms with E-state index in [1.165, 1.54) is 42.0 Å². The lowest BCUT2D eigenvalue weighted by Crippen LogP contribution is -2.50. The molecule has 0 bridgehead atoms. The summed E-state index contributed by atoms with van der Waals surface area (Å²) in [6.45, 7) is 5.13. The maximum Gasteiger partial charge on any atom is 0.264 e. The summed E-state index contributed by atoms with van der Waals surface area (Å²) in [5.74, 6) is 0.556. The van der Waals surface area contributed by atoms with Crippen LogP contribution in [-0.4, -0.2) is 52.1 Å². The third-order valence-electron chi connectivity index (χ3n) is 7.09. The average molecular weight is 536 g/mol. The Bertz CT molecular complexity index is 1400. The topological polar surface area (TPSA) is 88.2 Å². The first-order valence-electron chi connectivity index (χ1n) is 12.9. The maximum atomic E-state index is 13.7. The zero-order valence-corrected chi connectivity index (χ0v) is 22.5. The van der Waals surface area contributed by atoms with Crippen molar-refractivity contribution < 1.29 is 22.7 Å². The van der Waals surface area contributed by atoms with Crippen LogP contribution in [0.15, 0.2) is 71.6 Å². The molecule has 2 heterocycles. The van der Waals surface area contributed by atoms with Gasteiger partial charge in [0.05, 0.1) is 24.2 Å². The third kappa shape index (κ3) is 5.49. The van der Waals surface area contributed by atoms with Crippen LogP contribution in [0.3, 0.4) is 0 Å². The van der Waals surface area contributed by atoms with E-state index in [9.17, 15) is 13.2 Å². The molecule has 0 spiro atoms. The van der Waals surface area contributed by atoms with Gasteiger partial charge in [-0.05, 0) is 85.9 Å². The summed E-state index contributed by atoms with van der Waals surface area (Å²) in [5, 5.41) is 2.98. The molecule has 2 aliphatic heterocycles. The van der Waals surface area contributed by atoms with E-state index in [0.29, 0.717) is 23.7 Å². The molecule has 0 unspecified atom stereocenters. The summed E-state index contributed by atoms with van der Waals surface area (Å²) in [7, 11) is -2.43. The molecule has 5 rings (SSSR count). The number of carbonyl (C=O) groups is 1. The minimum Gasteiger partial charge on any atom is -0.497 e. The molecule has 38 heavy (non-hydrogen) atoms. The SMILES string of the molecule is COc1ccc(S(=O)(=O)N2C[C@@H](C(=O)NCc3ccccc3CN3CCCC3)Oc3ccc(C)cc32)cc1. The summed E-state index contributed by atoms with van der Waals surface area (Å²) in [6.07, 6.45) is 1.44. The molecule has 1 amide bonds. The fraction of sp³-hybridized carbons (Fsp3) is 0.345. The van der Waals surface area contributed by atoms with Gasteiger partial charge in [0.25, 0.3) is 15.9 Å². The molecule has 9 heteroatoms. The summed E-state index contributed by atoms with van der Waals surface area (Å²) < 4.78 is 39.9. The van der Waals surface area contributed by atoms with Crippen molar-refractivity contribution in [1.29, 1.82) is 0 Å². The quantitative estimate of drug-likeness (QED) is 0.471. The molecule has 1 fully saturated rings. The Morgan fingerprint density at radius 3 is 2.45 bits per heavy atom. The van der Waals surface area contributed by atoms with Gasteiger partial charge in [-0.25, -0.2) is 8.42 Å². The van der Waals surface area contributed by atoms with Crippen LogP contribution in [0.1, 0.15) is 29.5 Å². The predicted octanol–water partition coefficient (Wildman–Crippen LogP) is 3.87. The van der Waals surface area contributed by atoms with Crippen LogP contribution in [-0.2, 0) is 27.9 Å². The van der Waals surface area contributed by atoms with Gasteiger partial charge in [-0.3, -0.25) is 14.0 Å². The number of ether oxygens (including phenoxy) is 2. The number of rotatable bonds is 8. The minimum atomic E-state index is -3.96. The lowest BCUT2D eigenvalue weighted by atomic mass is 10.1. The number of nitrogens with zero attached hydrogens (tertiary/aromatic N) is 2. The fourth-order valence-electron chi connectivity index (χ4n) is 4.96. The molecule has 3 aromatic rings. The first-order chi connectivity index (χ1) is 18.3. The fourth-order valence-corrected chi connectivity index (χ4v) is 6.43. The van der Waals surface area contributed by atoms with Gasteiger partial charge >= 0.3 is 0 Å². The van der Waals surface area contributed by atoms with Crippen LogP contribution < -0.4 is 19.1 Å². The molecular weight excluding hydrogens is 502 g/mol. The number of methoxy groups -OCH3 is 1. The zero-order chi connectivity index (χ0) is 26.7. The first-order valence-corrected chi connectivity index (χ1v) is 14.3. The van der Waals surface area contributed by atoms with Gasteiger partial charge in [-0.1, -0.05) is 30.3 Å². The third-order valence-corrected chi connectivity index (χ3v) is 8.88. The van der Waals surface area contributed by atoms with Crippen LogP contribution in [0.25, 0.3) is 0 Å². The molecule has 3 aromatic carbocycles. The molecule has 1 N–H and O–H groups in total. The van der Waals surface area contributed by atoms with Crippen molar-refractivity contribution in [3.05, 3.63) is 83.4 Å². The van der Waals surface area contributed by atoms with E-state index < -0.39 is 16.1 Å². The van der Waals surface area contributed by atoms with Gasteiger partial charge in [0, 0.05) is 13.1 Å². The van der Waals surface area contributed by atoms with Gasteiger partial charge in [0.15, 0.2) is 6.10 Å². The molecule has 1 saturated heterocycles. The summed E-state index contributed by atoms with van der Waals surface area (Å²) >= 11 is 0. The number of anilines is 1. The Morgan fingerprint density at radius 1 is 1.03 bits per heavy atom. The van der Waals surface area contributed by atoms with Gasteiger partial charge in [0.1, 0.15) is 11.5 Å². The first kappa shape index (κ1) is 26.1. The van der Waals surface area contributed by atoms with Crippen LogP contribution in [0.4, 0.5) is 5.69 Å². The molecule has 1 atom stereocenters. The average Bonchev–Trinajstić information content (AvgIpc) is 3.45. The van der Waals surface area contributed by atoms with Crippen molar-refractivity contribution in [3.63, 3.8) is 0 Å². The van der Waals surface area contributed by atoms with Crippen LogP contribution in [0.2, 0.25) is 0 Å². The summed E-state index contributed by atoms with van der Waals surface area (Å²) in [4.78, 5) is 15.8. The van der Waals surface area contributed by atoms with E-state index in [1.54, 1.807) is 24.3 Å². The molecule has 200 valence electrons. The summed E-state index contributed by atoms with van der Waals surface area (Å²) in [6, 6.07) is 19.6. The lowest BCUT2D eigenvalue weighted by Gasteiger charge is -2.35. The van der Waals surface area contributed by atoms with E-state index in [1.807, 2.05) is 31.2 Å². The maximum absolute atomic E-state index is 13.7. The highest BCUT2D eigenvalue weighted by Gasteiger charge is 2.37. The Morgan fingerprint density at radius 2 is 1.74 bits per heavy atom. The number of nitrogens with one attached hydrogen (secondary N) is 1. The van der Waals surface area contributed by atoms with Crippen molar-refractivity contribution in [1.82, 2.24) is 10.2 Å². The number of likely N-dealkylation sites (tertiary alicyclic amines) is 1. The minimum absolute atomic E-state index is 0.114. The zero-order valence-electron chi connectivity index (χ0n) is 21.7. The van der Waals surface area contributed by atoms with E-state index in [0.717, 1.165) is 30.8 Å². The number of fused-ring (bicyclic) bond motifs is 1. The second kappa shape index (κ2) is 11.0. The Hall–Kier alpha value is -3.56. The smallest absolute Gasteiger partial charge is 0.264 e. The molecule has 8 nitrogen and oxygen atoms in total. The van der Waals surface area contributed by atoms with Gasteiger partial charge in [0.2, 0.25) is 0 Å². The highest BCUT2D eigenvalue weighted by molar-refractivity contribution is 7.92. The van der Waals surface area contributed by atoms with Gasteiger partial charge < -0.3 is 14.8 Å². The molecule has 0 radical (unpaired) electrons. The molecule has 0 saturated carbocycles. The Kier molecular flexibility index (Phi) is 7.58. The molecule has 2 aliphatic rings. The molecule has 0 aliphatic carbocycles. The number of sulfonamides is 1. The van der Waals surface area contributed by atoms with E-state index >= 15 is 0 Å². The van der Waals surface area contributed by atoms with Crippen molar-refractivity contribution >= 4 is 21.6 Å². The van der Waals surface area contributed by atoms with Crippen LogP contribution in [0, 0.1) is 6.92 Å². The second-order valence-corrected chi connectivity index (χ2v) is 11.6. The number of benzene rings is 3. The predicted molar refractivity (Wildman–Crippen MR) is 146 cm³/mol. The van der Waals surface area contributed by atoms with Crippen molar-refractivity contribution in [3.8, 4) is 11.5 Å². The normalized spacial score (nSPS) is 17.5. The van der Waals surface area contributed by atoms with Crippen molar-refractivity contribution in [2.75, 3.05) is 31.0 Å². The highest BCUT2D eigenvalue weighted by atomic mass is 32.2. The van der Waals surface area contributed by atoms with Crippen LogP contribution >= 0.6 is 0 Å². The van der Waals surface area contributed by atoms with Crippen LogP contribution in [0.5, 0.6) is 11.5 Å². The molecule has 0 aromatic heterocycles. The number of carbonyl (C=O) groups excluding carboxylic acids is 1. The van der Waals surface area contributed by atoms with Crippen molar-refractivity contribution in [2.45, 2.75) is 43.9 Å². The van der Waals surface area contributed by atoms with E-state index in [-0.39, 0.29) is 17.3 Å². The monoisotopic (exact) mass is 535 g/mol. The van der Waals surface area contributed by atoms with E-state index in [2.05, 4.69) is 16.3 Å². The number of hydrogen-bond acceptors (Lipinski definition) is 6. The second-order valence-electron chi connectivity index (χ2n) is 9.76. The summed E-state index contributed by atoms with van der Waals surface area (Å²) in [5.41, 5.74) is 3.53. The number of aryl methyl sites for hydroxylation is 1. The highest BCUT2D eigenvalue weighted by Crippen LogP contribution is 2.38. The number of amides is 1. The Balaban J connectivity index is 1.36. The molecular formula is C29H33N3O5S. The lowest BCUT2D eigenvalue weighted by molar-refractivity contribution is -0.127. The standard InChI is InChI=1S/C29H33N3O5S/c1-21-9-14-27-26(17-21)32(38(34,35)25-12-10-24(36-2)11-13-25)20-28(37-27)29(33)30-18-22-7-3-4-8-23(22)19-31-15-5-6-16-31/h3-4,7-14,17,28H,5-6,15-16,18-20H2,1-2H3,(H,30,33)/t28-/m0/s1. The van der Waals surface area contributed by atoms with Gasteiger partial charge in [-0.15, -0.1) is 0 Å².